The highest BCUT2D eigenvalue weighted by atomic mass is 16.4. The van der Waals surface area contributed by atoms with E-state index in [1.807, 2.05) is 36.4 Å². The van der Waals surface area contributed by atoms with Crippen molar-refractivity contribution >= 4 is 18.0 Å². The Hall–Kier alpha value is -2.61. The number of aliphatic carboxylic acids is 1. The molecular weight excluding hydrogens is 256 g/mol. The second-order valence-corrected chi connectivity index (χ2v) is 4.20. The molecule has 5 heteroatoms. The van der Waals surface area contributed by atoms with Crippen LogP contribution in [0.5, 0.6) is 0 Å². The zero-order chi connectivity index (χ0) is 15.0. The van der Waals surface area contributed by atoms with E-state index in [1.54, 1.807) is 6.08 Å². The van der Waals surface area contributed by atoms with Crippen molar-refractivity contribution in [2.75, 3.05) is 6.54 Å². The third-order valence-corrected chi connectivity index (χ3v) is 2.79. The van der Waals surface area contributed by atoms with Gasteiger partial charge in [-0.15, -0.1) is 0 Å². The Balaban J connectivity index is 2.80. The normalized spacial score (nSPS) is 11.8. The number of amides is 1. The average Bonchev–Trinajstić information content (AvgIpc) is 2.46. The van der Waals surface area contributed by atoms with Gasteiger partial charge in [0.15, 0.2) is 0 Å². The van der Waals surface area contributed by atoms with Gasteiger partial charge in [-0.05, 0) is 18.6 Å². The third kappa shape index (κ3) is 4.58. The molecule has 0 aliphatic carbocycles. The van der Waals surface area contributed by atoms with Crippen LogP contribution < -0.4 is 0 Å². The third-order valence-electron chi connectivity index (χ3n) is 2.79. The molecule has 0 bridgehead atoms. The van der Waals surface area contributed by atoms with Crippen LogP contribution in [0.1, 0.15) is 18.9 Å². The Labute approximate surface area is 117 Å². The molecule has 0 aliphatic rings. The summed E-state index contributed by atoms with van der Waals surface area (Å²) in [5.41, 5.74) is 0.851. The molecule has 1 atom stereocenters. The molecule has 1 amide bonds. The Morgan fingerprint density at radius 3 is 2.60 bits per heavy atom. The summed E-state index contributed by atoms with van der Waals surface area (Å²) in [5, 5.41) is 17.6. The molecule has 0 aromatic heterocycles. The SMILES string of the molecule is CC(C(=O)O)N(CCC#N)C(=O)/C=C/c1ccccc1. The van der Waals surface area contributed by atoms with Gasteiger partial charge in [0, 0.05) is 12.6 Å². The Bertz CT molecular complexity index is 532. The molecule has 0 heterocycles. The van der Waals surface area contributed by atoms with Crippen molar-refractivity contribution in [2.24, 2.45) is 0 Å². The lowest BCUT2D eigenvalue weighted by atomic mass is 10.2. The summed E-state index contributed by atoms with van der Waals surface area (Å²) in [6, 6.07) is 10.2. The average molecular weight is 272 g/mol. The maximum absolute atomic E-state index is 12.0. The van der Waals surface area contributed by atoms with Crippen LogP contribution in [0, 0.1) is 11.3 Å². The van der Waals surface area contributed by atoms with E-state index in [4.69, 9.17) is 10.4 Å². The van der Waals surface area contributed by atoms with Crippen LogP contribution in [-0.4, -0.2) is 34.5 Å². The molecule has 1 N–H and O–H groups in total. The number of nitrogens with zero attached hydrogens (tertiary/aromatic N) is 2. The van der Waals surface area contributed by atoms with Gasteiger partial charge >= 0.3 is 5.97 Å². The molecular formula is C15H16N2O3. The number of carboxylic acids is 1. The quantitative estimate of drug-likeness (QED) is 0.802. The lowest BCUT2D eigenvalue weighted by Gasteiger charge is -2.24. The van der Waals surface area contributed by atoms with Gasteiger partial charge in [-0.3, -0.25) is 4.79 Å². The fourth-order valence-electron chi connectivity index (χ4n) is 1.63. The first-order valence-electron chi connectivity index (χ1n) is 6.19. The topological polar surface area (TPSA) is 81.4 Å². The van der Waals surface area contributed by atoms with Crippen molar-refractivity contribution in [3.63, 3.8) is 0 Å². The summed E-state index contributed by atoms with van der Waals surface area (Å²) in [6.45, 7) is 1.52. The van der Waals surface area contributed by atoms with E-state index < -0.39 is 17.9 Å². The van der Waals surface area contributed by atoms with E-state index in [9.17, 15) is 9.59 Å². The van der Waals surface area contributed by atoms with Gasteiger partial charge in [0.25, 0.3) is 0 Å². The Kier molecular flexibility index (Phi) is 5.98. The highest BCUT2D eigenvalue weighted by Gasteiger charge is 2.23. The van der Waals surface area contributed by atoms with Crippen molar-refractivity contribution in [3.05, 3.63) is 42.0 Å². The molecule has 1 aromatic carbocycles. The molecule has 104 valence electrons. The van der Waals surface area contributed by atoms with Crippen molar-refractivity contribution in [1.29, 1.82) is 5.26 Å². The molecule has 0 saturated heterocycles. The van der Waals surface area contributed by atoms with Crippen molar-refractivity contribution in [1.82, 2.24) is 4.90 Å². The predicted octanol–water partition coefficient (Wildman–Crippen LogP) is 1.92. The molecule has 0 spiro atoms. The van der Waals surface area contributed by atoms with E-state index in [1.165, 1.54) is 17.9 Å². The van der Waals surface area contributed by atoms with Gasteiger partial charge in [0.05, 0.1) is 12.5 Å². The first kappa shape index (κ1) is 15.4. The summed E-state index contributed by atoms with van der Waals surface area (Å²) in [7, 11) is 0. The van der Waals surface area contributed by atoms with E-state index in [0.717, 1.165) is 5.56 Å². The summed E-state index contributed by atoms with van der Waals surface area (Å²) >= 11 is 0. The molecule has 0 radical (unpaired) electrons. The number of carboxylic acid groups (broad SMARTS) is 1. The van der Waals surface area contributed by atoms with Gasteiger partial charge in [0.2, 0.25) is 5.91 Å². The maximum Gasteiger partial charge on any atom is 0.326 e. The molecule has 1 unspecified atom stereocenters. The second-order valence-electron chi connectivity index (χ2n) is 4.20. The fraction of sp³-hybridized carbons (Fsp3) is 0.267. The van der Waals surface area contributed by atoms with Gasteiger partial charge in [-0.2, -0.15) is 5.26 Å². The number of benzene rings is 1. The van der Waals surface area contributed by atoms with Crippen molar-refractivity contribution in [3.8, 4) is 6.07 Å². The predicted molar refractivity (Wildman–Crippen MR) is 74.5 cm³/mol. The van der Waals surface area contributed by atoms with Gasteiger partial charge in [0.1, 0.15) is 6.04 Å². The van der Waals surface area contributed by atoms with E-state index in [0.29, 0.717) is 0 Å². The minimum atomic E-state index is -1.09. The summed E-state index contributed by atoms with van der Waals surface area (Å²) < 4.78 is 0. The van der Waals surface area contributed by atoms with Crippen LogP contribution in [0.2, 0.25) is 0 Å². The molecule has 1 aromatic rings. The number of nitriles is 1. The van der Waals surface area contributed by atoms with Gasteiger partial charge < -0.3 is 10.0 Å². The number of carbonyl (C=O) groups excluding carboxylic acids is 1. The fourth-order valence-corrected chi connectivity index (χ4v) is 1.63. The lowest BCUT2D eigenvalue weighted by Crippen LogP contribution is -2.42. The molecule has 0 saturated carbocycles. The molecule has 1 rings (SSSR count). The largest absolute Gasteiger partial charge is 0.480 e. The Morgan fingerprint density at radius 2 is 2.05 bits per heavy atom. The zero-order valence-corrected chi connectivity index (χ0v) is 11.2. The monoisotopic (exact) mass is 272 g/mol. The van der Waals surface area contributed by atoms with Crippen LogP contribution in [0.4, 0.5) is 0 Å². The number of rotatable bonds is 6. The van der Waals surface area contributed by atoms with Crippen LogP contribution >= 0.6 is 0 Å². The minimum Gasteiger partial charge on any atom is -0.480 e. The second kappa shape index (κ2) is 7.74. The highest BCUT2D eigenvalue weighted by Crippen LogP contribution is 2.06. The highest BCUT2D eigenvalue weighted by molar-refractivity contribution is 5.94. The zero-order valence-electron chi connectivity index (χ0n) is 11.2. The smallest absolute Gasteiger partial charge is 0.326 e. The maximum atomic E-state index is 12.0. The van der Waals surface area contributed by atoms with E-state index >= 15 is 0 Å². The first-order chi connectivity index (χ1) is 9.56. The molecule has 0 fully saturated rings. The summed E-state index contributed by atoms with van der Waals surface area (Å²) in [5.74, 6) is -1.51. The summed E-state index contributed by atoms with van der Waals surface area (Å²) in [6.07, 6.45) is 3.05. The van der Waals surface area contributed by atoms with Gasteiger partial charge in [-0.1, -0.05) is 30.3 Å². The van der Waals surface area contributed by atoms with Crippen LogP contribution in [-0.2, 0) is 9.59 Å². The van der Waals surface area contributed by atoms with Crippen LogP contribution in [0.15, 0.2) is 36.4 Å². The number of hydrogen-bond donors (Lipinski definition) is 1. The van der Waals surface area contributed by atoms with E-state index in [2.05, 4.69) is 0 Å². The van der Waals surface area contributed by atoms with E-state index in [-0.39, 0.29) is 13.0 Å². The molecule has 5 nitrogen and oxygen atoms in total. The first-order valence-corrected chi connectivity index (χ1v) is 6.19. The van der Waals surface area contributed by atoms with Gasteiger partial charge in [-0.25, -0.2) is 4.79 Å². The molecule has 20 heavy (non-hydrogen) atoms. The molecule has 0 aliphatic heterocycles. The van der Waals surface area contributed by atoms with Crippen LogP contribution in [0.25, 0.3) is 6.08 Å². The van der Waals surface area contributed by atoms with Crippen molar-refractivity contribution < 1.29 is 14.7 Å². The van der Waals surface area contributed by atoms with Crippen LogP contribution in [0.3, 0.4) is 0 Å². The minimum absolute atomic E-state index is 0.0991. The summed E-state index contributed by atoms with van der Waals surface area (Å²) in [4.78, 5) is 24.2. The van der Waals surface area contributed by atoms with Crippen molar-refractivity contribution in [2.45, 2.75) is 19.4 Å². The standard InChI is InChI=1S/C15H16N2O3/c1-12(15(19)20)17(11-5-10-16)14(18)9-8-13-6-3-2-4-7-13/h2-4,6-9,12H,5,11H2,1H3,(H,19,20)/b9-8+. The number of carbonyl (C=O) groups is 2. The Morgan fingerprint density at radius 1 is 1.40 bits per heavy atom. The number of hydrogen-bond acceptors (Lipinski definition) is 3. The lowest BCUT2D eigenvalue weighted by molar-refractivity contribution is -0.147.